The zero-order chi connectivity index (χ0) is 21.9. The summed E-state index contributed by atoms with van der Waals surface area (Å²) in [6.07, 6.45) is -1.44. The highest BCUT2D eigenvalue weighted by Gasteiger charge is 2.30. The topological polar surface area (TPSA) is 49.8 Å². The number of aryl methyl sites for hydroxylation is 1. The van der Waals surface area contributed by atoms with E-state index in [1.807, 2.05) is 0 Å². The molecule has 0 aliphatic heterocycles. The lowest BCUT2D eigenvalue weighted by molar-refractivity contribution is -0.137. The normalized spacial score (nSPS) is 11.1. The molecule has 0 aliphatic carbocycles. The van der Waals surface area contributed by atoms with Gasteiger partial charge in [-0.25, -0.2) is 14.4 Å². The summed E-state index contributed by atoms with van der Waals surface area (Å²) in [5, 5.41) is 5.88. The number of nitrogens with one attached hydrogen (secondary N) is 2. The molecule has 2 aromatic carbocycles. The summed E-state index contributed by atoms with van der Waals surface area (Å²) < 4.78 is 52.9. The maximum atomic E-state index is 14.4. The average Bonchev–Trinajstić information content (AvgIpc) is 2.70. The van der Waals surface area contributed by atoms with E-state index in [1.165, 1.54) is 42.6 Å². The highest BCUT2D eigenvalue weighted by atomic mass is 19.4. The van der Waals surface area contributed by atoms with Gasteiger partial charge in [0, 0.05) is 23.1 Å². The number of aromatic nitrogens is 2. The monoisotopic (exact) mass is 414 g/mol. The Morgan fingerprint density at radius 2 is 1.80 bits per heavy atom. The molecule has 30 heavy (non-hydrogen) atoms. The fourth-order valence-corrected chi connectivity index (χ4v) is 2.68. The van der Waals surface area contributed by atoms with Gasteiger partial charge in [0.2, 0.25) is 0 Å². The first kappa shape index (κ1) is 21.0. The Balaban J connectivity index is 1.98. The van der Waals surface area contributed by atoms with Gasteiger partial charge >= 0.3 is 6.18 Å². The number of benzene rings is 2. The molecule has 0 unspecified atom stereocenters. The molecular weight excluding hydrogens is 396 g/mol. The number of rotatable bonds is 6. The van der Waals surface area contributed by atoms with Gasteiger partial charge in [-0.2, -0.15) is 13.2 Å². The molecule has 0 saturated carbocycles. The van der Waals surface area contributed by atoms with Crippen molar-refractivity contribution in [2.24, 2.45) is 0 Å². The van der Waals surface area contributed by atoms with Gasteiger partial charge in [0.05, 0.1) is 11.3 Å². The summed E-state index contributed by atoms with van der Waals surface area (Å²) >= 11 is 0. The van der Waals surface area contributed by atoms with Crippen molar-refractivity contribution in [3.05, 3.63) is 90.8 Å². The van der Waals surface area contributed by atoms with Crippen molar-refractivity contribution in [3.63, 3.8) is 0 Å². The minimum Gasteiger partial charge on any atom is -0.356 e. The lowest BCUT2D eigenvalue weighted by Crippen LogP contribution is -2.05. The van der Waals surface area contributed by atoms with E-state index in [2.05, 4.69) is 33.8 Å². The molecule has 0 spiro atoms. The van der Waals surface area contributed by atoms with Crippen LogP contribution >= 0.6 is 0 Å². The van der Waals surface area contributed by atoms with Crippen LogP contribution < -0.4 is 10.6 Å². The summed E-state index contributed by atoms with van der Waals surface area (Å²) in [5.41, 5.74) is 1.37. The third kappa shape index (κ3) is 4.83. The van der Waals surface area contributed by atoms with E-state index < -0.39 is 17.6 Å². The maximum Gasteiger partial charge on any atom is 0.416 e. The van der Waals surface area contributed by atoms with Crippen LogP contribution in [0, 0.1) is 12.7 Å². The molecule has 0 radical (unpaired) electrons. The van der Waals surface area contributed by atoms with Crippen LogP contribution in [0.4, 0.5) is 34.8 Å². The quantitative estimate of drug-likeness (QED) is 0.359. The first-order chi connectivity index (χ1) is 14.2. The zero-order valence-electron chi connectivity index (χ0n) is 16.0. The van der Waals surface area contributed by atoms with E-state index in [1.54, 1.807) is 6.92 Å². The van der Waals surface area contributed by atoms with Crippen LogP contribution in [-0.2, 0) is 6.18 Å². The first-order valence-corrected chi connectivity index (χ1v) is 8.83. The molecule has 0 amide bonds. The Hall–Kier alpha value is -3.68. The van der Waals surface area contributed by atoms with Gasteiger partial charge in [-0.05, 0) is 48.9 Å². The molecule has 0 aliphatic rings. The second-order valence-electron chi connectivity index (χ2n) is 6.43. The van der Waals surface area contributed by atoms with E-state index >= 15 is 0 Å². The summed E-state index contributed by atoms with van der Waals surface area (Å²) in [5.74, 6) is 0.156. The Kier molecular flexibility index (Phi) is 5.86. The maximum absolute atomic E-state index is 14.4. The van der Waals surface area contributed by atoms with E-state index in [-0.39, 0.29) is 11.5 Å². The minimum atomic E-state index is -4.44. The predicted molar refractivity (Wildman–Crippen MR) is 110 cm³/mol. The van der Waals surface area contributed by atoms with Crippen molar-refractivity contribution >= 4 is 17.2 Å². The summed E-state index contributed by atoms with van der Waals surface area (Å²) in [4.78, 5) is 8.42. The van der Waals surface area contributed by atoms with Crippen LogP contribution in [0.1, 0.15) is 11.4 Å². The van der Waals surface area contributed by atoms with Gasteiger partial charge in [0.1, 0.15) is 17.5 Å². The molecule has 4 nitrogen and oxygen atoms in total. The van der Waals surface area contributed by atoms with Gasteiger partial charge in [-0.15, -0.1) is 0 Å². The first-order valence-electron chi connectivity index (χ1n) is 8.83. The fraction of sp³-hybridized carbons (Fsp3) is 0.0909. The number of alkyl halides is 3. The summed E-state index contributed by atoms with van der Waals surface area (Å²) in [6.45, 7) is 9.01. The molecule has 1 heterocycles. The van der Waals surface area contributed by atoms with Crippen LogP contribution in [-0.4, -0.2) is 9.97 Å². The minimum absolute atomic E-state index is 0.128. The van der Waals surface area contributed by atoms with E-state index in [9.17, 15) is 17.6 Å². The van der Waals surface area contributed by atoms with Crippen molar-refractivity contribution in [1.82, 2.24) is 9.97 Å². The molecule has 1 aromatic heterocycles. The smallest absolute Gasteiger partial charge is 0.356 e. The van der Waals surface area contributed by atoms with Crippen molar-refractivity contribution in [2.45, 2.75) is 13.1 Å². The molecule has 3 aromatic rings. The van der Waals surface area contributed by atoms with Gasteiger partial charge < -0.3 is 10.6 Å². The Bertz CT molecular complexity index is 1090. The molecule has 8 heteroatoms. The number of halogens is 4. The molecule has 0 bridgehead atoms. The van der Waals surface area contributed by atoms with Crippen LogP contribution in [0.2, 0.25) is 0 Å². The van der Waals surface area contributed by atoms with Crippen molar-refractivity contribution in [3.8, 4) is 11.1 Å². The van der Waals surface area contributed by atoms with Gasteiger partial charge in [0.15, 0.2) is 0 Å². The number of hydrogen-bond donors (Lipinski definition) is 2. The third-order valence-electron chi connectivity index (χ3n) is 4.20. The Labute approximate surface area is 171 Å². The summed E-state index contributed by atoms with van der Waals surface area (Å²) in [6, 6.07) is 8.94. The Morgan fingerprint density at radius 1 is 1.10 bits per heavy atom. The SMILES string of the molecule is C=CC(=C)Nc1ccc(F)c(Nc2nc(C)ncc2-c2ccc(C(F)(F)F)cc2)c1. The fourth-order valence-electron chi connectivity index (χ4n) is 2.68. The number of allylic oxidation sites excluding steroid dienone is 1. The molecule has 0 atom stereocenters. The predicted octanol–water partition coefficient (Wildman–Crippen LogP) is 6.47. The van der Waals surface area contributed by atoms with E-state index in [4.69, 9.17) is 0 Å². The summed E-state index contributed by atoms with van der Waals surface area (Å²) in [7, 11) is 0. The second kappa shape index (κ2) is 8.36. The average molecular weight is 414 g/mol. The zero-order valence-corrected chi connectivity index (χ0v) is 16.0. The van der Waals surface area contributed by atoms with Gasteiger partial charge in [-0.1, -0.05) is 25.3 Å². The molecule has 3 rings (SSSR count). The second-order valence-corrected chi connectivity index (χ2v) is 6.43. The lowest BCUT2D eigenvalue weighted by atomic mass is 10.1. The lowest BCUT2D eigenvalue weighted by Gasteiger charge is -2.14. The highest BCUT2D eigenvalue weighted by Crippen LogP contribution is 2.34. The highest BCUT2D eigenvalue weighted by molar-refractivity contribution is 5.78. The number of nitrogens with zero attached hydrogens (tertiary/aromatic N) is 2. The van der Waals surface area contributed by atoms with Gasteiger partial charge in [0.25, 0.3) is 0 Å². The van der Waals surface area contributed by atoms with Crippen LogP contribution in [0.15, 0.2) is 73.6 Å². The largest absolute Gasteiger partial charge is 0.416 e. The van der Waals surface area contributed by atoms with Crippen molar-refractivity contribution in [2.75, 3.05) is 10.6 Å². The molecule has 154 valence electrons. The van der Waals surface area contributed by atoms with Crippen LogP contribution in [0.3, 0.4) is 0 Å². The van der Waals surface area contributed by atoms with E-state index in [0.29, 0.717) is 28.3 Å². The van der Waals surface area contributed by atoms with Gasteiger partial charge in [-0.3, -0.25) is 0 Å². The molecule has 2 N–H and O–H groups in total. The van der Waals surface area contributed by atoms with E-state index in [0.717, 1.165) is 12.1 Å². The Morgan fingerprint density at radius 3 is 2.43 bits per heavy atom. The molecule has 0 fully saturated rings. The number of hydrogen-bond acceptors (Lipinski definition) is 4. The standard InChI is InChI=1S/C22H18F4N4/c1-4-13(2)28-17-9-10-19(23)20(11-17)30-21-18(12-27-14(3)29-21)15-5-7-16(8-6-15)22(24,25)26/h4-12,28H,1-2H2,3H3,(H,27,29,30). The third-order valence-corrected chi connectivity index (χ3v) is 4.20. The molecular formula is C22H18F4N4. The van der Waals surface area contributed by atoms with Crippen molar-refractivity contribution < 1.29 is 17.6 Å². The van der Waals surface area contributed by atoms with Crippen LogP contribution in [0.5, 0.6) is 0 Å². The van der Waals surface area contributed by atoms with Crippen molar-refractivity contribution in [1.29, 1.82) is 0 Å². The van der Waals surface area contributed by atoms with Crippen LogP contribution in [0.25, 0.3) is 11.1 Å². The molecule has 0 saturated heterocycles. The number of anilines is 3.